The van der Waals surface area contributed by atoms with Gasteiger partial charge in [0.2, 0.25) is 16.9 Å². The average Bonchev–Trinajstić information content (AvgIpc) is 3.30. The first kappa shape index (κ1) is 19.2. The first-order chi connectivity index (χ1) is 14.0. The highest BCUT2D eigenvalue weighted by Crippen LogP contribution is 2.27. The van der Waals surface area contributed by atoms with Gasteiger partial charge in [-0.1, -0.05) is 41.2 Å². The molecule has 1 unspecified atom stereocenters. The van der Waals surface area contributed by atoms with E-state index in [0.717, 1.165) is 16.8 Å². The van der Waals surface area contributed by atoms with Gasteiger partial charge in [-0.3, -0.25) is 14.9 Å². The van der Waals surface area contributed by atoms with Crippen LogP contribution in [0.3, 0.4) is 0 Å². The molecule has 3 aromatic rings. The van der Waals surface area contributed by atoms with Gasteiger partial charge < -0.3 is 4.90 Å². The largest absolute Gasteiger partial charge is 0.312 e. The fraction of sp³-hybridized carbons (Fsp3) is 0.238. The molecular formula is C21H19FN4O2S. The molecule has 2 aromatic carbocycles. The van der Waals surface area contributed by atoms with E-state index in [2.05, 4.69) is 15.5 Å². The molecule has 1 fully saturated rings. The summed E-state index contributed by atoms with van der Waals surface area (Å²) in [4.78, 5) is 26.9. The van der Waals surface area contributed by atoms with Crippen molar-refractivity contribution in [3.63, 3.8) is 0 Å². The highest BCUT2D eigenvalue weighted by atomic mass is 32.1. The second-order valence-corrected chi connectivity index (χ2v) is 8.02. The molecule has 0 aliphatic carbocycles. The SMILES string of the molecule is Cc1ccc(N2CCC(C(=O)Nc3nnc(Cc4ccc(F)cc4)s3)C2=O)cc1. The first-order valence-electron chi connectivity index (χ1n) is 9.25. The summed E-state index contributed by atoms with van der Waals surface area (Å²) < 4.78 is 13.0. The van der Waals surface area contributed by atoms with Crippen molar-refractivity contribution in [2.75, 3.05) is 16.8 Å². The second kappa shape index (κ2) is 8.08. The van der Waals surface area contributed by atoms with E-state index in [9.17, 15) is 14.0 Å². The molecule has 1 atom stereocenters. The van der Waals surface area contributed by atoms with Crippen LogP contribution in [0.5, 0.6) is 0 Å². The Hall–Kier alpha value is -3.13. The zero-order valence-electron chi connectivity index (χ0n) is 15.8. The maximum atomic E-state index is 13.0. The molecule has 29 heavy (non-hydrogen) atoms. The Morgan fingerprint density at radius 2 is 1.90 bits per heavy atom. The zero-order chi connectivity index (χ0) is 20.4. The van der Waals surface area contributed by atoms with Gasteiger partial charge in [0, 0.05) is 18.7 Å². The van der Waals surface area contributed by atoms with Gasteiger partial charge in [-0.25, -0.2) is 4.39 Å². The molecule has 2 amide bonds. The molecule has 1 aromatic heterocycles. The fourth-order valence-corrected chi connectivity index (χ4v) is 4.03. The Labute approximate surface area is 171 Å². The number of aromatic nitrogens is 2. The minimum Gasteiger partial charge on any atom is -0.312 e. The lowest BCUT2D eigenvalue weighted by molar-refractivity contribution is -0.129. The molecule has 0 spiro atoms. The van der Waals surface area contributed by atoms with Crippen molar-refractivity contribution in [2.45, 2.75) is 19.8 Å². The van der Waals surface area contributed by atoms with Gasteiger partial charge in [-0.05, 0) is 43.2 Å². The predicted molar refractivity (Wildman–Crippen MR) is 109 cm³/mol. The number of nitrogens with one attached hydrogen (secondary N) is 1. The standard InChI is InChI=1S/C21H19FN4O2S/c1-13-2-8-16(9-3-13)26-11-10-17(20(26)28)19(27)23-21-25-24-18(29-21)12-14-4-6-15(22)7-5-14/h2-9,17H,10-12H2,1H3,(H,23,25,27). The number of aryl methyl sites for hydroxylation is 1. The molecule has 0 bridgehead atoms. The van der Waals surface area contributed by atoms with E-state index in [4.69, 9.17) is 0 Å². The van der Waals surface area contributed by atoms with Gasteiger partial charge in [0.25, 0.3) is 0 Å². The maximum Gasteiger partial charge on any atom is 0.239 e. The van der Waals surface area contributed by atoms with Gasteiger partial charge in [0.05, 0.1) is 0 Å². The monoisotopic (exact) mass is 410 g/mol. The van der Waals surface area contributed by atoms with E-state index in [-0.39, 0.29) is 17.6 Å². The fourth-order valence-electron chi connectivity index (χ4n) is 3.25. The number of anilines is 2. The minimum atomic E-state index is -0.735. The molecule has 1 aliphatic rings. The quantitative estimate of drug-likeness (QED) is 0.653. The predicted octanol–water partition coefficient (Wildman–Crippen LogP) is 3.57. The van der Waals surface area contributed by atoms with Crippen molar-refractivity contribution in [3.8, 4) is 0 Å². The topological polar surface area (TPSA) is 75.2 Å². The summed E-state index contributed by atoms with van der Waals surface area (Å²) in [5, 5.41) is 11.8. The van der Waals surface area contributed by atoms with E-state index in [1.54, 1.807) is 17.0 Å². The van der Waals surface area contributed by atoms with E-state index in [1.165, 1.54) is 23.5 Å². The summed E-state index contributed by atoms with van der Waals surface area (Å²) in [6.07, 6.45) is 0.956. The number of halogens is 1. The van der Waals surface area contributed by atoms with Crippen LogP contribution in [0.1, 0.15) is 22.6 Å². The van der Waals surface area contributed by atoms with Crippen LogP contribution in [0, 0.1) is 18.7 Å². The Bertz CT molecular complexity index is 1030. The third kappa shape index (κ3) is 4.32. The normalized spacial score (nSPS) is 16.3. The van der Waals surface area contributed by atoms with Crippen LogP contribution < -0.4 is 10.2 Å². The van der Waals surface area contributed by atoms with Crippen LogP contribution in [-0.4, -0.2) is 28.6 Å². The van der Waals surface area contributed by atoms with Crippen LogP contribution in [0.15, 0.2) is 48.5 Å². The smallest absolute Gasteiger partial charge is 0.239 e. The number of hydrogen-bond acceptors (Lipinski definition) is 5. The van der Waals surface area contributed by atoms with Crippen LogP contribution >= 0.6 is 11.3 Å². The average molecular weight is 410 g/mol. The Morgan fingerprint density at radius 3 is 2.62 bits per heavy atom. The van der Waals surface area contributed by atoms with Crippen molar-refractivity contribution in [1.29, 1.82) is 0 Å². The first-order valence-corrected chi connectivity index (χ1v) is 10.1. The van der Waals surface area contributed by atoms with E-state index < -0.39 is 5.92 Å². The van der Waals surface area contributed by atoms with Crippen molar-refractivity contribution < 1.29 is 14.0 Å². The van der Waals surface area contributed by atoms with Crippen LogP contribution in [-0.2, 0) is 16.0 Å². The summed E-state index contributed by atoms with van der Waals surface area (Å²) >= 11 is 1.25. The zero-order valence-corrected chi connectivity index (χ0v) is 16.6. The van der Waals surface area contributed by atoms with Gasteiger partial charge in [0.1, 0.15) is 16.7 Å². The molecule has 1 aliphatic heterocycles. The molecule has 0 saturated carbocycles. The summed E-state index contributed by atoms with van der Waals surface area (Å²) in [5.41, 5.74) is 2.82. The molecule has 6 nitrogen and oxygen atoms in total. The van der Waals surface area contributed by atoms with Gasteiger partial charge in [-0.15, -0.1) is 10.2 Å². The van der Waals surface area contributed by atoms with Crippen molar-refractivity contribution in [3.05, 3.63) is 70.5 Å². The molecule has 148 valence electrons. The molecule has 0 radical (unpaired) electrons. The molecular weight excluding hydrogens is 391 g/mol. The third-order valence-electron chi connectivity index (χ3n) is 4.83. The maximum absolute atomic E-state index is 13.0. The number of rotatable bonds is 5. The van der Waals surface area contributed by atoms with Crippen molar-refractivity contribution >= 4 is 34.0 Å². The number of benzene rings is 2. The van der Waals surface area contributed by atoms with E-state index in [0.29, 0.717) is 29.5 Å². The van der Waals surface area contributed by atoms with Crippen LogP contribution in [0.25, 0.3) is 0 Å². The van der Waals surface area contributed by atoms with Crippen molar-refractivity contribution in [2.24, 2.45) is 5.92 Å². The Balaban J connectivity index is 1.38. The Kier molecular flexibility index (Phi) is 5.35. The van der Waals surface area contributed by atoms with Gasteiger partial charge in [0.15, 0.2) is 0 Å². The summed E-state index contributed by atoms with van der Waals surface area (Å²) in [5.74, 6) is -1.60. The molecule has 8 heteroatoms. The van der Waals surface area contributed by atoms with Gasteiger partial charge >= 0.3 is 0 Å². The number of amides is 2. The van der Waals surface area contributed by atoms with Crippen LogP contribution in [0.4, 0.5) is 15.2 Å². The lowest BCUT2D eigenvalue weighted by Crippen LogP contribution is -2.33. The number of hydrogen-bond donors (Lipinski definition) is 1. The number of carbonyl (C=O) groups excluding carboxylic acids is 2. The highest BCUT2D eigenvalue weighted by Gasteiger charge is 2.37. The lowest BCUT2D eigenvalue weighted by atomic mass is 10.1. The molecule has 2 heterocycles. The Morgan fingerprint density at radius 1 is 1.17 bits per heavy atom. The second-order valence-electron chi connectivity index (χ2n) is 6.96. The summed E-state index contributed by atoms with van der Waals surface area (Å²) in [7, 11) is 0. The third-order valence-corrected chi connectivity index (χ3v) is 5.67. The van der Waals surface area contributed by atoms with Crippen molar-refractivity contribution in [1.82, 2.24) is 10.2 Å². The number of nitrogens with zero attached hydrogens (tertiary/aromatic N) is 3. The van der Waals surface area contributed by atoms with E-state index in [1.807, 2.05) is 31.2 Å². The van der Waals surface area contributed by atoms with Gasteiger partial charge in [-0.2, -0.15) is 0 Å². The molecule has 1 saturated heterocycles. The minimum absolute atomic E-state index is 0.206. The molecule has 4 rings (SSSR count). The molecule has 1 N–H and O–H groups in total. The summed E-state index contributed by atoms with van der Waals surface area (Å²) in [6.45, 7) is 2.49. The lowest BCUT2D eigenvalue weighted by Gasteiger charge is -2.16. The van der Waals surface area contributed by atoms with Crippen LogP contribution in [0.2, 0.25) is 0 Å². The summed E-state index contributed by atoms with van der Waals surface area (Å²) in [6, 6.07) is 13.8. The highest BCUT2D eigenvalue weighted by molar-refractivity contribution is 7.15. The van der Waals surface area contributed by atoms with E-state index >= 15 is 0 Å². The number of carbonyl (C=O) groups is 2.